The van der Waals surface area contributed by atoms with E-state index in [4.69, 9.17) is 39.1 Å². The van der Waals surface area contributed by atoms with Gasteiger partial charge in [0.25, 0.3) is 0 Å². The second kappa shape index (κ2) is 8.74. The number of allylic oxidation sites excluding steroid dienone is 2. The highest BCUT2D eigenvalue weighted by Crippen LogP contribution is 2.48. The number of ether oxygens (including phenoxy) is 2. The number of carbonyl (C=O) groups excluding carboxylic acids is 2. The summed E-state index contributed by atoms with van der Waals surface area (Å²) in [5.41, 5.74) is 3.97. The number of Topliss-reactive ketones (excluding diaryl/α,β-unsaturated/α-hetero) is 1. The molecule has 0 aromatic heterocycles. The van der Waals surface area contributed by atoms with Crippen LogP contribution in [0.25, 0.3) is 5.70 Å². The molecule has 162 valence electrons. The van der Waals surface area contributed by atoms with Crippen molar-refractivity contribution in [3.8, 4) is 18.1 Å². The average Bonchev–Trinajstić information content (AvgIpc) is 3.04. The molecule has 32 heavy (non-hydrogen) atoms. The average molecular weight is 468 g/mol. The van der Waals surface area contributed by atoms with E-state index in [1.165, 1.54) is 0 Å². The van der Waals surface area contributed by atoms with Crippen LogP contribution in [0.2, 0.25) is 10.0 Å². The molecule has 1 heterocycles. The summed E-state index contributed by atoms with van der Waals surface area (Å²) in [4.78, 5) is 26.4. The van der Waals surface area contributed by atoms with Crippen molar-refractivity contribution in [1.82, 2.24) is 5.32 Å². The summed E-state index contributed by atoms with van der Waals surface area (Å²) < 4.78 is 10.8. The van der Waals surface area contributed by atoms with E-state index in [0.29, 0.717) is 33.7 Å². The SMILES string of the molecule is C#CCOc1c(Cl)cc([C@H]2C(C(=O)OCC)=C(C)NC3=C2C(=O)c2ccccc23)cc1Cl. The lowest BCUT2D eigenvalue weighted by Gasteiger charge is -2.29. The van der Waals surface area contributed by atoms with Crippen LogP contribution in [0.1, 0.15) is 41.3 Å². The Bertz CT molecular complexity index is 1230. The van der Waals surface area contributed by atoms with Gasteiger partial charge in [-0.3, -0.25) is 4.79 Å². The molecule has 1 atom stereocenters. The third-order valence-electron chi connectivity index (χ3n) is 5.40. The minimum atomic E-state index is -0.720. The molecule has 0 spiro atoms. The number of esters is 1. The zero-order valence-corrected chi connectivity index (χ0v) is 18.9. The minimum absolute atomic E-state index is 0.00230. The van der Waals surface area contributed by atoms with Crippen molar-refractivity contribution >= 4 is 40.7 Å². The van der Waals surface area contributed by atoms with Crippen LogP contribution in [0.4, 0.5) is 0 Å². The fourth-order valence-electron chi connectivity index (χ4n) is 4.14. The van der Waals surface area contributed by atoms with Crippen LogP contribution in [0.5, 0.6) is 5.75 Å². The Balaban J connectivity index is 1.91. The molecule has 2 aliphatic rings. The first kappa shape index (κ1) is 22.0. The van der Waals surface area contributed by atoms with Crippen molar-refractivity contribution in [2.24, 2.45) is 0 Å². The molecular formula is C25H19Cl2NO4. The van der Waals surface area contributed by atoms with E-state index in [-0.39, 0.29) is 34.8 Å². The molecule has 0 radical (unpaired) electrons. The first-order chi connectivity index (χ1) is 15.4. The van der Waals surface area contributed by atoms with Gasteiger partial charge in [-0.25, -0.2) is 4.79 Å². The van der Waals surface area contributed by atoms with Crippen LogP contribution in [0, 0.1) is 12.3 Å². The molecule has 0 unspecified atom stereocenters. The van der Waals surface area contributed by atoms with Crippen LogP contribution in [-0.4, -0.2) is 25.0 Å². The van der Waals surface area contributed by atoms with Gasteiger partial charge in [0, 0.05) is 28.3 Å². The zero-order valence-electron chi connectivity index (χ0n) is 17.4. The van der Waals surface area contributed by atoms with Crippen LogP contribution < -0.4 is 10.1 Å². The maximum absolute atomic E-state index is 13.4. The molecule has 0 bridgehead atoms. The fourth-order valence-corrected chi connectivity index (χ4v) is 4.75. The Morgan fingerprint density at radius 2 is 1.84 bits per heavy atom. The molecule has 0 fully saturated rings. The molecular weight excluding hydrogens is 449 g/mol. The Kier molecular flexibility index (Phi) is 6.01. The Morgan fingerprint density at radius 3 is 2.47 bits per heavy atom. The minimum Gasteiger partial charge on any atom is -0.478 e. The summed E-state index contributed by atoms with van der Waals surface area (Å²) in [5.74, 6) is 1.21. The summed E-state index contributed by atoms with van der Waals surface area (Å²) >= 11 is 12.9. The smallest absolute Gasteiger partial charge is 0.336 e. The quantitative estimate of drug-likeness (QED) is 0.487. The van der Waals surface area contributed by atoms with E-state index in [9.17, 15) is 9.59 Å². The van der Waals surface area contributed by atoms with Gasteiger partial charge < -0.3 is 14.8 Å². The lowest BCUT2D eigenvalue weighted by Crippen LogP contribution is -2.29. The number of fused-ring (bicyclic) bond motifs is 2. The number of ketones is 1. The maximum atomic E-state index is 13.4. The largest absolute Gasteiger partial charge is 0.478 e. The van der Waals surface area contributed by atoms with Crippen LogP contribution in [0.15, 0.2) is 53.2 Å². The number of nitrogens with one attached hydrogen (secondary N) is 1. The van der Waals surface area contributed by atoms with Gasteiger partial charge >= 0.3 is 5.97 Å². The highest BCUT2D eigenvalue weighted by molar-refractivity contribution is 6.37. The lowest BCUT2D eigenvalue weighted by molar-refractivity contribution is -0.138. The van der Waals surface area contributed by atoms with Gasteiger partial charge in [-0.1, -0.05) is 53.4 Å². The molecule has 1 N–H and O–H groups in total. The van der Waals surface area contributed by atoms with E-state index in [1.54, 1.807) is 32.0 Å². The number of benzene rings is 2. The Hall–Kier alpha value is -3.20. The predicted molar refractivity (Wildman–Crippen MR) is 124 cm³/mol. The maximum Gasteiger partial charge on any atom is 0.336 e. The molecule has 5 nitrogen and oxygen atoms in total. The lowest BCUT2D eigenvalue weighted by atomic mass is 9.80. The van der Waals surface area contributed by atoms with Crippen molar-refractivity contribution < 1.29 is 19.1 Å². The summed E-state index contributed by atoms with van der Waals surface area (Å²) in [6, 6.07) is 10.6. The first-order valence-electron chi connectivity index (χ1n) is 9.97. The predicted octanol–water partition coefficient (Wildman–Crippen LogP) is 5.14. The summed E-state index contributed by atoms with van der Waals surface area (Å²) in [5, 5.41) is 3.71. The van der Waals surface area contributed by atoms with Gasteiger partial charge in [-0.05, 0) is 31.5 Å². The van der Waals surface area contributed by atoms with Crippen molar-refractivity contribution in [1.29, 1.82) is 0 Å². The van der Waals surface area contributed by atoms with Crippen LogP contribution in [-0.2, 0) is 9.53 Å². The van der Waals surface area contributed by atoms with Crippen molar-refractivity contribution in [2.45, 2.75) is 19.8 Å². The Labute approximate surface area is 196 Å². The molecule has 2 aromatic rings. The molecule has 0 saturated carbocycles. The highest BCUT2D eigenvalue weighted by atomic mass is 35.5. The second-order valence-corrected chi connectivity index (χ2v) is 8.10. The molecule has 0 saturated heterocycles. The number of carbonyl (C=O) groups is 2. The first-order valence-corrected chi connectivity index (χ1v) is 10.7. The third kappa shape index (κ3) is 3.56. The van der Waals surface area contributed by atoms with Crippen LogP contribution in [0.3, 0.4) is 0 Å². The highest BCUT2D eigenvalue weighted by Gasteiger charge is 2.43. The van der Waals surface area contributed by atoms with Gasteiger partial charge in [-0.2, -0.15) is 0 Å². The zero-order chi connectivity index (χ0) is 23.0. The van der Waals surface area contributed by atoms with Gasteiger partial charge in [-0.15, -0.1) is 6.42 Å². The molecule has 2 aromatic carbocycles. The topological polar surface area (TPSA) is 64.6 Å². The molecule has 7 heteroatoms. The second-order valence-electron chi connectivity index (χ2n) is 7.29. The number of dihydropyridines is 1. The van der Waals surface area contributed by atoms with Gasteiger partial charge in [0.1, 0.15) is 6.61 Å². The molecule has 1 aliphatic carbocycles. The monoisotopic (exact) mass is 467 g/mol. The number of hydrogen-bond donors (Lipinski definition) is 1. The van der Waals surface area contributed by atoms with Crippen LogP contribution >= 0.6 is 23.2 Å². The van der Waals surface area contributed by atoms with Crippen molar-refractivity contribution in [3.05, 3.63) is 80.0 Å². The number of halogens is 2. The standard InChI is InChI=1S/C25H19Cl2NO4/c1-4-10-32-24-17(26)11-14(12-18(24)27)20-19(25(30)31-5-2)13(3)28-22-15-8-6-7-9-16(15)23(29)21(20)22/h1,6-9,11-12,20,28H,5,10H2,2-3H3/t20-/m0/s1. The van der Waals surface area contributed by atoms with E-state index in [0.717, 1.165) is 5.56 Å². The van der Waals surface area contributed by atoms with Gasteiger partial charge in [0.2, 0.25) is 0 Å². The normalized spacial score (nSPS) is 16.8. The van der Waals surface area contributed by atoms with E-state index in [1.807, 2.05) is 18.2 Å². The molecule has 4 rings (SSSR count). The number of terminal acetylenes is 1. The number of rotatable bonds is 5. The van der Waals surface area contributed by atoms with Crippen molar-refractivity contribution in [3.63, 3.8) is 0 Å². The van der Waals surface area contributed by atoms with E-state index in [2.05, 4.69) is 11.2 Å². The number of hydrogen-bond acceptors (Lipinski definition) is 5. The fraction of sp³-hybridized carbons (Fsp3) is 0.200. The Morgan fingerprint density at radius 1 is 1.19 bits per heavy atom. The third-order valence-corrected chi connectivity index (χ3v) is 5.96. The summed E-state index contributed by atoms with van der Waals surface area (Å²) in [6.07, 6.45) is 5.26. The summed E-state index contributed by atoms with van der Waals surface area (Å²) in [7, 11) is 0. The van der Waals surface area contributed by atoms with E-state index >= 15 is 0 Å². The summed E-state index contributed by atoms with van der Waals surface area (Å²) in [6.45, 7) is 3.71. The van der Waals surface area contributed by atoms with Gasteiger partial charge in [0.05, 0.1) is 27.9 Å². The molecule has 0 amide bonds. The molecule has 1 aliphatic heterocycles. The van der Waals surface area contributed by atoms with Gasteiger partial charge in [0.15, 0.2) is 11.5 Å². The van der Waals surface area contributed by atoms with Crippen molar-refractivity contribution in [2.75, 3.05) is 13.2 Å². The van der Waals surface area contributed by atoms with E-state index < -0.39 is 11.9 Å².